The van der Waals surface area contributed by atoms with Crippen molar-refractivity contribution in [3.63, 3.8) is 0 Å². The molecule has 3 nitrogen and oxygen atoms in total. The van der Waals surface area contributed by atoms with E-state index < -0.39 is 0 Å². The Bertz CT molecular complexity index is 494. The molecule has 0 radical (unpaired) electrons. The third-order valence-corrected chi connectivity index (χ3v) is 5.14. The van der Waals surface area contributed by atoms with Crippen LogP contribution in [0.2, 0.25) is 0 Å². The van der Waals surface area contributed by atoms with Gasteiger partial charge in [0, 0.05) is 19.1 Å². The number of amides is 1. The molecule has 3 rings (SSSR count). The predicted octanol–water partition coefficient (Wildman–Crippen LogP) is 2.96. The first kappa shape index (κ1) is 14.6. The standard InChI is InChI=1S/C18H26N2O/c1-13(14-7-3-2-4-8-14)20-18(21)17-12-19-11-15-9-5-6-10-16(15)17/h5-6,9-10,13-14,17,19H,2-4,7-8,11-12H2,1H3,(H,20,21)/t13-,17?/m1/s1. The molecule has 1 saturated carbocycles. The smallest absolute Gasteiger partial charge is 0.229 e. The second kappa shape index (κ2) is 6.61. The predicted molar refractivity (Wildman–Crippen MR) is 85.1 cm³/mol. The van der Waals surface area contributed by atoms with Gasteiger partial charge < -0.3 is 10.6 Å². The van der Waals surface area contributed by atoms with Crippen molar-refractivity contribution in [2.24, 2.45) is 5.92 Å². The molecule has 1 heterocycles. The number of benzene rings is 1. The molecule has 0 bridgehead atoms. The third kappa shape index (κ3) is 3.29. The maximum absolute atomic E-state index is 12.7. The van der Waals surface area contributed by atoms with E-state index in [-0.39, 0.29) is 11.8 Å². The van der Waals surface area contributed by atoms with E-state index in [9.17, 15) is 4.79 Å². The molecule has 3 heteroatoms. The minimum atomic E-state index is -0.0407. The molecule has 1 unspecified atom stereocenters. The van der Waals surface area contributed by atoms with Crippen LogP contribution in [0.4, 0.5) is 0 Å². The van der Waals surface area contributed by atoms with Crippen molar-refractivity contribution in [1.82, 2.24) is 10.6 Å². The second-order valence-corrected chi connectivity index (χ2v) is 6.58. The van der Waals surface area contributed by atoms with Crippen LogP contribution in [0.5, 0.6) is 0 Å². The molecule has 1 aromatic carbocycles. The molecule has 1 aliphatic carbocycles. The van der Waals surface area contributed by atoms with Crippen LogP contribution in [0.15, 0.2) is 24.3 Å². The minimum Gasteiger partial charge on any atom is -0.353 e. The summed E-state index contributed by atoms with van der Waals surface area (Å²) in [5.41, 5.74) is 2.46. The van der Waals surface area contributed by atoms with Gasteiger partial charge in [-0.25, -0.2) is 0 Å². The lowest BCUT2D eigenvalue weighted by Gasteiger charge is -2.31. The molecule has 1 aliphatic heterocycles. The summed E-state index contributed by atoms with van der Waals surface area (Å²) in [4.78, 5) is 12.7. The maximum atomic E-state index is 12.7. The van der Waals surface area contributed by atoms with Gasteiger partial charge in [-0.1, -0.05) is 43.5 Å². The Hall–Kier alpha value is -1.35. The maximum Gasteiger partial charge on any atom is 0.229 e. The van der Waals surface area contributed by atoms with E-state index in [0.29, 0.717) is 12.0 Å². The summed E-state index contributed by atoms with van der Waals surface area (Å²) in [5, 5.41) is 6.65. The molecule has 2 aliphatic rings. The Balaban J connectivity index is 1.66. The number of nitrogens with one attached hydrogen (secondary N) is 2. The Labute approximate surface area is 127 Å². The van der Waals surface area contributed by atoms with Crippen molar-refractivity contribution in [2.75, 3.05) is 6.54 Å². The first-order chi connectivity index (χ1) is 10.3. The lowest BCUT2D eigenvalue weighted by atomic mass is 9.84. The summed E-state index contributed by atoms with van der Waals surface area (Å²) < 4.78 is 0. The van der Waals surface area contributed by atoms with Gasteiger partial charge in [-0.15, -0.1) is 0 Å². The van der Waals surface area contributed by atoms with E-state index in [4.69, 9.17) is 0 Å². The summed E-state index contributed by atoms with van der Waals surface area (Å²) in [6.07, 6.45) is 6.52. The summed E-state index contributed by atoms with van der Waals surface area (Å²) in [6.45, 7) is 3.80. The molecular formula is C18H26N2O. The molecule has 1 aromatic rings. The van der Waals surface area contributed by atoms with Crippen LogP contribution >= 0.6 is 0 Å². The number of fused-ring (bicyclic) bond motifs is 1. The zero-order chi connectivity index (χ0) is 14.7. The molecule has 1 fully saturated rings. The van der Waals surface area contributed by atoms with E-state index in [0.717, 1.165) is 13.1 Å². The lowest BCUT2D eigenvalue weighted by Crippen LogP contribution is -2.45. The normalized spacial score (nSPS) is 24.1. The molecule has 114 valence electrons. The third-order valence-electron chi connectivity index (χ3n) is 5.14. The van der Waals surface area contributed by atoms with Crippen LogP contribution in [0.25, 0.3) is 0 Å². The van der Waals surface area contributed by atoms with Gasteiger partial charge in [0.2, 0.25) is 5.91 Å². The first-order valence-corrected chi connectivity index (χ1v) is 8.34. The Kier molecular flexibility index (Phi) is 4.59. The Morgan fingerprint density at radius 1 is 1.24 bits per heavy atom. The largest absolute Gasteiger partial charge is 0.353 e. The Morgan fingerprint density at radius 3 is 2.81 bits per heavy atom. The van der Waals surface area contributed by atoms with E-state index in [2.05, 4.69) is 29.7 Å². The molecular weight excluding hydrogens is 260 g/mol. The second-order valence-electron chi connectivity index (χ2n) is 6.58. The van der Waals surface area contributed by atoms with Crippen LogP contribution in [0, 0.1) is 5.92 Å². The van der Waals surface area contributed by atoms with Crippen molar-refractivity contribution in [3.8, 4) is 0 Å². The molecule has 21 heavy (non-hydrogen) atoms. The van der Waals surface area contributed by atoms with Crippen LogP contribution < -0.4 is 10.6 Å². The van der Waals surface area contributed by atoms with Crippen molar-refractivity contribution in [3.05, 3.63) is 35.4 Å². The average molecular weight is 286 g/mol. The Morgan fingerprint density at radius 2 is 2.00 bits per heavy atom. The number of carbonyl (C=O) groups is 1. The first-order valence-electron chi connectivity index (χ1n) is 8.34. The number of hydrogen-bond donors (Lipinski definition) is 2. The topological polar surface area (TPSA) is 41.1 Å². The van der Waals surface area contributed by atoms with Gasteiger partial charge in [-0.2, -0.15) is 0 Å². The summed E-state index contributed by atoms with van der Waals surface area (Å²) >= 11 is 0. The van der Waals surface area contributed by atoms with Crippen LogP contribution in [-0.4, -0.2) is 18.5 Å². The van der Waals surface area contributed by atoms with Gasteiger partial charge in [-0.3, -0.25) is 4.79 Å². The number of hydrogen-bond acceptors (Lipinski definition) is 2. The minimum absolute atomic E-state index is 0.0407. The molecule has 1 amide bonds. The zero-order valence-corrected chi connectivity index (χ0v) is 12.9. The van der Waals surface area contributed by atoms with Crippen molar-refractivity contribution in [1.29, 1.82) is 0 Å². The van der Waals surface area contributed by atoms with Gasteiger partial charge in [0.05, 0.1) is 5.92 Å². The van der Waals surface area contributed by atoms with Gasteiger partial charge in [0.25, 0.3) is 0 Å². The highest BCUT2D eigenvalue weighted by Gasteiger charge is 2.28. The van der Waals surface area contributed by atoms with Crippen LogP contribution in [0.3, 0.4) is 0 Å². The highest BCUT2D eigenvalue weighted by Crippen LogP contribution is 2.28. The van der Waals surface area contributed by atoms with Crippen molar-refractivity contribution < 1.29 is 4.79 Å². The van der Waals surface area contributed by atoms with Gasteiger partial charge >= 0.3 is 0 Å². The summed E-state index contributed by atoms with van der Waals surface area (Å²) in [7, 11) is 0. The molecule has 0 saturated heterocycles. The molecule has 2 atom stereocenters. The average Bonchev–Trinajstić information content (AvgIpc) is 2.55. The van der Waals surface area contributed by atoms with Crippen molar-refractivity contribution >= 4 is 5.91 Å². The van der Waals surface area contributed by atoms with Gasteiger partial charge in [0.15, 0.2) is 0 Å². The van der Waals surface area contributed by atoms with Gasteiger partial charge in [-0.05, 0) is 36.8 Å². The molecule has 2 N–H and O–H groups in total. The summed E-state index contributed by atoms with van der Waals surface area (Å²) in [5.74, 6) is 0.809. The monoisotopic (exact) mass is 286 g/mol. The highest BCUT2D eigenvalue weighted by atomic mass is 16.2. The van der Waals surface area contributed by atoms with Crippen LogP contribution in [-0.2, 0) is 11.3 Å². The van der Waals surface area contributed by atoms with Crippen molar-refractivity contribution in [2.45, 2.75) is 57.5 Å². The number of carbonyl (C=O) groups excluding carboxylic acids is 1. The SMILES string of the molecule is C[C@@H](NC(=O)C1CNCc2ccccc21)C1CCCCC1. The molecule has 0 aromatic heterocycles. The quantitative estimate of drug-likeness (QED) is 0.897. The van der Waals surface area contributed by atoms with E-state index in [1.165, 1.54) is 43.2 Å². The fraction of sp³-hybridized carbons (Fsp3) is 0.611. The van der Waals surface area contributed by atoms with E-state index in [1.807, 2.05) is 12.1 Å². The van der Waals surface area contributed by atoms with Crippen LogP contribution in [0.1, 0.15) is 56.1 Å². The zero-order valence-electron chi connectivity index (χ0n) is 12.9. The molecule has 0 spiro atoms. The lowest BCUT2D eigenvalue weighted by molar-refractivity contribution is -0.123. The fourth-order valence-electron chi connectivity index (χ4n) is 3.81. The van der Waals surface area contributed by atoms with E-state index in [1.54, 1.807) is 0 Å². The fourth-order valence-corrected chi connectivity index (χ4v) is 3.81. The van der Waals surface area contributed by atoms with E-state index >= 15 is 0 Å². The number of rotatable bonds is 3. The highest BCUT2D eigenvalue weighted by molar-refractivity contribution is 5.84. The van der Waals surface area contributed by atoms with Gasteiger partial charge in [0.1, 0.15) is 0 Å². The summed E-state index contributed by atoms with van der Waals surface area (Å²) in [6, 6.07) is 8.60.